The summed E-state index contributed by atoms with van der Waals surface area (Å²) in [5.41, 5.74) is 1.24. The lowest BCUT2D eigenvalue weighted by atomic mass is 10.1. The summed E-state index contributed by atoms with van der Waals surface area (Å²) in [5, 5.41) is 10.7. The summed E-state index contributed by atoms with van der Waals surface area (Å²) in [4.78, 5) is 26.5. The number of non-ortho nitro benzene ring substituents is 1. The number of cyclic esters (lactones) is 1. The second kappa shape index (κ2) is 7.69. The average Bonchev–Trinajstić information content (AvgIpc) is 3.03. The molecule has 0 radical (unpaired) electrons. The number of aliphatic imine (C=N–C) groups is 1. The Morgan fingerprint density at radius 2 is 1.93 bits per heavy atom. The van der Waals surface area contributed by atoms with Crippen molar-refractivity contribution in [3.8, 4) is 11.5 Å². The zero-order chi connectivity index (χ0) is 19.4. The zero-order valence-corrected chi connectivity index (χ0v) is 14.7. The van der Waals surface area contributed by atoms with Crippen molar-refractivity contribution in [1.29, 1.82) is 0 Å². The van der Waals surface area contributed by atoms with Gasteiger partial charge in [0.15, 0.2) is 17.2 Å². The topological polar surface area (TPSA) is 100 Å². The largest absolute Gasteiger partial charge is 0.493 e. The molecule has 27 heavy (non-hydrogen) atoms. The second-order valence-electron chi connectivity index (χ2n) is 5.48. The van der Waals surface area contributed by atoms with Crippen LogP contribution in [0.3, 0.4) is 0 Å². The number of carbonyl (C=O) groups excluding carboxylic acids is 1. The summed E-state index contributed by atoms with van der Waals surface area (Å²) in [6.07, 6.45) is 1.57. The van der Waals surface area contributed by atoms with Gasteiger partial charge in [0.25, 0.3) is 5.69 Å². The fourth-order valence-electron chi connectivity index (χ4n) is 2.47. The smallest absolute Gasteiger partial charge is 0.363 e. The number of benzene rings is 2. The molecule has 8 nitrogen and oxygen atoms in total. The molecule has 0 unspecified atom stereocenters. The molecule has 0 amide bonds. The summed E-state index contributed by atoms with van der Waals surface area (Å²) in [5.74, 6) is 0.639. The van der Waals surface area contributed by atoms with Gasteiger partial charge < -0.3 is 14.2 Å². The fraction of sp³-hybridized carbons (Fsp3) is 0.158. The molecular formula is C19H16N2O6. The van der Waals surface area contributed by atoms with Gasteiger partial charge in [0.05, 0.1) is 18.6 Å². The number of ether oxygens (including phenoxy) is 3. The van der Waals surface area contributed by atoms with Gasteiger partial charge >= 0.3 is 5.97 Å². The lowest BCUT2D eigenvalue weighted by Crippen LogP contribution is -2.05. The Bertz CT molecular complexity index is 947. The second-order valence-corrected chi connectivity index (χ2v) is 5.48. The van der Waals surface area contributed by atoms with Crippen LogP contribution in [0.4, 0.5) is 5.69 Å². The van der Waals surface area contributed by atoms with Crippen LogP contribution in [0.2, 0.25) is 0 Å². The first-order valence-corrected chi connectivity index (χ1v) is 8.10. The molecule has 0 spiro atoms. The van der Waals surface area contributed by atoms with Crippen molar-refractivity contribution in [3.05, 3.63) is 69.4 Å². The third-order valence-electron chi connectivity index (χ3n) is 3.74. The maximum absolute atomic E-state index is 12.1. The minimum Gasteiger partial charge on any atom is -0.493 e. The Morgan fingerprint density at radius 3 is 2.56 bits per heavy atom. The first-order valence-electron chi connectivity index (χ1n) is 8.10. The van der Waals surface area contributed by atoms with Crippen LogP contribution in [0.5, 0.6) is 11.5 Å². The van der Waals surface area contributed by atoms with Crippen molar-refractivity contribution >= 4 is 23.6 Å². The van der Waals surface area contributed by atoms with Crippen LogP contribution in [0.25, 0.3) is 6.08 Å². The van der Waals surface area contributed by atoms with Gasteiger partial charge in [-0.05, 0) is 42.8 Å². The quantitative estimate of drug-likeness (QED) is 0.335. The summed E-state index contributed by atoms with van der Waals surface area (Å²) in [6.45, 7) is 2.33. The van der Waals surface area contributed by atoms with Gasteiger partial charge in [0, 0.05) is 17.7 Å². The van der Waals surface area contributed by atoms with Crippen LogP contribution in [0.15, 0.2) is 53.2 Å². The lowest BCUT2D eigenvalue weighted by molar-refractivity contribution is -0.384. The van der Waals surface area contributed by atoms with E-state index in [0.717, 1.165) is 0 Å². The molecule has 0 atom stereocenters. The normalized spacial score (nSPS) is 14.7. The number of methoxy groups -OCH3 is 1. The Morgan fingerprint density at radius 1 is 1.19 bits per heavy atom. The van der Waals surface area contributed by atoms with Gasteiger partial charge in [0.2, 0.25) is 5.90 Å². The van der Waals surface area contributed by atoms with Gasteiger partial charge in [-0.1, -0.05) is 6.07 Å². The van der Waals surface area contributed by atoms with Crippen molar-refractivity contribution in [3.63, 3.8) is 0 Å². The molecule has 0 bridgehead atoms. The standard InChI is InChI=1S/C19H16N2O6/c1-3-26-17-11-12(4-9-16(17)25-2)10-15-19(22)27-18(20-15)13-5-7-14(8-6-13)21(23)24/h4-11H,3H2,1-2H3/b15-10-. The molecule has 1 aliphatic rings. The number of nitro benzene ring substituents is 1. The van der Waals surface area contributed by atoms with Crippen molar-refractivity contribution in [1.82, 2.24) is 0 Å². The summed E-state index contributed by atoms with van der Waals surface area (Å²) < 4.78 is 15.9. The van der Waals surface area contributed by atoms with Crippen LogP contribution >= 0.6 is 0 Å². The maximum atomic E-state index is 12.1. The van der Waals surface area contributed by atoms with Gasteiger partial charge in [-0.2, -0.15) is 0 Å². The minimum absolute atomic E-state index is 0.0545. The van der Waals surface area contributed by atoms with Crippen molar-refractivity contribution in [2.45, 2.75) is 6.92 Å². The number of carbonyl (C=O) groups is 1. The van der Waals surface area contributed by atoms with E-state index in [1.54, 1.807) is 31.4 Å². The minimum atomic E-state index is -0.600. The molecule has 0 aliphatic carbocycles. The number of nitrogens with zero attached hydrogens (tertiary/aromatic N) is 2. The molecule has 1 heterocycles. The van der Waals surface area contributed by atoms with E-state index >= 15 is 0 Å². The van der Waals surface area contributed by atoms with Crippen LogP contribution in [-0.2, 0) is 9.53 Å². The van der Waals surface area contributed by atoms with Crippen LogP contribution in [0.1, 0.15) is 18.1 Å². The number of esters is 1. The average molecular weight is 368 g/mol. The Kier molecular flexibility index (Phi) is 5.16. The summed E-state index contributed by atoms with van der Waals surface area (Å²) in [6, 6.07) is 10.8. The molecule has 0 saturated heterocycles. The van der Waals surface area contributed by atoms with E-state index in [0.29, 0.717) is 29.2 Å². The van der Waals surface area contributed by atoms with Crippen molar-refractivity contribution in [2.75, 3.05) is 13.7 Å². The highest BCUT2D eigenvalue weighted by molar-refractivity contribution is 6.12. The summed E-state index contributed by atoms with van der Waals surface area (Å²) >= 11 is 0. The monoisotopic (exact) mass is 368 g/mol. The highest BCUT2D eigenvalue weighted by Gasteiger charge is 2.24. The molecule has 0 saturated carbocycles. The third-order valence-corrected chi connectivity index (χ3v) is 3.74. The Labute approximate surface area is 154 Å². The molecule has 2 aromatic carbocycles. The highest BCUT2D eigenvalue weighted by Crippen LogP contribution is 2.29. The predicted molar refractivity (Wildman–Crippen MR) is 97.9 cm³/mol. The van der Waals surface area contributed by atoms with Gasteiger partial charge in [0.1, 0.15) is 0 Å². The molecule has 0 fully saturated rings. The van der Waals surface area contributed by atoms with E-state index < -0.39 is 10.9 Å². The number of rotatable bonds is 6. The first-order chi connectivity index (χ1) is 13.0. The van der Waals surface area contributed by atoms with E-state index in [4.69, 9.17) is 14.2 Å². The maximum Gasteiger partial charge on any atom is 0.363 e. The molecule has 8 heteroatoms. The van der Waals surface area contributed by atoms with Crippen molar-refractivity contribution < 1.29 is 23.9 Å². The molecule has 1 aliphatic heterocycles. The van der Waals surface area contributed by atoms with Crippen LogP contribution in [-0.4, -0.2) is 30.5 Å². The summed E-state index contributed by atoms with van der Waals surface area (Å²) in [7, 11) is 1.55. The molecule has 3 rings (SSSR count). The van der Waals surface area contributed by atoms with E-state index in [1.807, 2.05) is 6.92 Å². The van der Waals surface area contributed by atoms with Gasteiger partial charge in [-0.25, -0.2) is 9.79 Å². The van der Waals surface area contributed by atoms with Crippen LogP contribution in [0, 0.1) is 10.1 Å². The van der Waals surface area contributed by atoms with Gasteiger partial charge in [-0.3, -0.25) is 10.1 Å². The van der Waals surface area contributed by atoms with Crippen molar-refractivity contribution in [2.24, 2.45) is 4.99 Å². The molecule has 2 aromatic rings. The Balaban J connectivity index is 1.89. The first kappa shape index (κ1) is 18.1. The third kappa shape index (κ3) is 3.95. The lowest BCUT2D eigenvalue weighted by Gasteiger charge is -2.09. The number of hydrogen-bond donors (Lipinski definition) is 0. The molecule has 138 valence electrons. The SMILES string of the molecule is CCOc1cc(/C=C2\N=C(c3ccc([N+](=O)[O-])cc3)OC2=O)ccc1OC. The molecular weight excluding hydrogens is 352 g/mol. The zero-order valence-electron chi connectivity index (χ0n) is 14.7. The number of hydrogen-bond acceptors (Lipinski definition) is 7. The molecule has 0 aromatic heterocycles. The highest BCUT2D eigenvalue weighted by atomic mass is 16.6. The van der Waals surface area contributed by atoms with Crippen LogP contribution < -0.4 is 9.47 Å². The predicted octanol–water partition coefficient (Wildman–Crippen LogP) is 3.35. The number of nitro groups is 1. The van der Waals surface area contributed by atoms with E-state index in [-0.39, 0.29) is 17.3 Å². The van der Waals surface area contributed by atoms with Gasteiger partial charge in [-0.15, -0.1) is 0 Å². The Hall–Kier alpha value is -3.68. The molecule has 0 N–H and O–H groups in total. The van der Waals surface area contributed by atoms with E-state index in [2.05, 4.69) is 4.99 Å². The van der Waals surface area contributed by atoms with E-state index in [1.165, 1.54) is 24.3 Å². The fourth-order valence-corrected chi connectivity index (χ4v) is 2.47. The van der Waals surface area contributed by atoms with E-state index in [9.17, 15) is 14.9 Å².